The maximum atomic E-state index is 13.7. The van der Waals surface area contributed by atoms with E-state index in [0.717, 1.165) is 22.3 Å². The smallest absolute Gasteiger partial charge is 0.438 e. The van der Waals surface area contributed by atoms with Crippen LogP contribution in [0.2, 0.25) is 10.0 Å². The monoisotopic (exact) mass is 1110 g/mol. The van der Waals surface area contributed by atoms with E-state index >= 15 is 0 Å². The Morgan fingerprint density at radius 3 is 1.43 bits per heavy atom. The van der Waals surface area contributed by atoms with Gasteiger partial charge in [0.05, 0.1) is 18.9 Å². The van der Waals surface area contributed by atoms with Gasteiger partial charge in [-0.05, 0) is 172 Å². The lowest BCUT2D eigenvalue weighted by Gasteiger charge is -2.26. The average molecular weight is 1110 g/mol. The Bertz CT molecular complexity index is 3160. The SMILES string of the molecule is COC(=O)OC1CCCN(C(=O)c2ccc(NC(=O)c3ccccc3C)cc2C)c2ccc(Cl)cc21.COP(O)(=S)OC1CCCN(C(=O)c2ccc(NC(=O)c3ccccc3C)cc2C)c2ccc(Cl)cc21.O=S. The lowest BCUT2D eigenvalue weighted by molar-refractivity contribution is 0.0335. The molecule has 0 radical (unpaired) electrons. The molecule has 4 amide bonds. The fourth-order valence-corrected chi connectivity index (χ4v) is 10.1. The Labute approximate surface area is 456 Å². The third kappa shape index (κ3) is 14.5. The summed E-state index contributed by atoms with van der Waals surface area (Å²) in [7, 11) is 2.56. The largest absolute Gasteiger partial charge is 0.508 e. The van der Waals surface area contributed by atoms with Gasteiger partial charge in [-0.2, -0.15) is 4.21 Å². The number of benzene rings is 6. The zero-order valence-corrected chi connectivity index (χ0v) is 45.9. The molecular formula is C55H55Cl2N4O11PS2. The summed E-state index contributed by atoms with van der Waals surface area (Å²) in [5.74, 6) is -0.789. The van der Waals surface area contributed by atoms with Crippen molar-refractivity contribution in [3.63, 3.8) is 0 Å². The Balaban J connectivity index is 0.000000236. The number of methoxy groups -OCH3 is 1. The zero-order chi connectivity index (χ0) is 54.6. The maximum Gasteiger partial charge on any atom is 0.508 e. The Morgan fingerprint density at radius 2 is 1.01 bits per heavy atom. The molecule has 15 nitrogen and oxygen atoms in total. The van der Waals surface area contributed by atoms with E-state index in [-0.39, 0.29) is 23.6 Å². The second kappa shape index (κ2) is 26.4. The number of amides is 4. The molecule has 0 spiro atoms. The summed E-state index contributed by atoms with van der Waals surface area (Å²) in [6.07, 6.45) is 0.350. The molecule has 2 aliphatic rings. The molecule has 3 atom stereocenters. The van der Waals surface area contributed by atoms with Crippen LogP contribution in [0.4, 0.5) is 27.5 Å². The van der Waals surface area contributed by atoms with Crippen molar-refractivity contribution in [2.75, 3.05) is 47.7 Å². The lowest BCUT2D eigenvalue weighted by Crippen LogP contribution is -2.32. The molecule has 3 unspecified atom stereocenters. The highest BCUT2D eigenvalue weighted by Crippen LogP contribution is 2.51. The van der Waals surface area contributed by atoms with Gasteiger partial charge in [-0.3, -0.25) is 19.2 Å². The van der Waals surface area contributed by atoms with Crippen LogP contribution in [0.15, 0.2) is 121 Å². The first-order valence-corrected chi connectivity index (χ1v) is 27.2. The van der Waals surface area contributed by atoms with Crippen LogP contribution in [0, 0.1) is 27.7 Å². The molecule has 2 heterocycles. The van der Waals surface area contributed by atoms with Crippen LogP contribution in [-0.2, 0) is 42.9 Å². The quantitative estimate of drug-likeness (QED) is 0.0868. The second-order valence-electron chi connectivity index (χ2n) is 17.5. The summed E-state index contributed by atoms with van der Waals surface area (Å²) in [5, 5.41) is 6.78. The van der Waals surface area contributed by atoms with Crippen molar-refractivity contribution in [1.29, 1.82) is 0 Å². The molecule has 0 bridgehead atoms. The number of hydrogen-bond donors (Lipinski definition) is 3. The van der Waals surface area contributed by atoms with Gasteiger partial charge in [0.25, 0.3) is 23.6 Å². The average Bonchev–Trinajstić information content (AvgIpc) is 3.67. The number of fused-ring (bicyclic) bond motifs is 2. The van der Waals surface area contributed by atoms with E-state index in [1.807, 2.05) is 64.1 Å². The summed E-state index contributed by atoms with van der Waals surface area (Å²) in [4.78, 5) is 78.3. The zero-order valence-electron chi connectivity index (χ0n) is 41.9. The van der Waals surface area contributed by atoms with Crippen molar-refractivity contribution in [3.05, 3.63) is 187 Å². The molecular weight excluding hydrogens is 1060 g/mol. The van der Waals surface area contributed by atoms with Crippen molar-refractivity contribution < 1.29 is 51.6 Å². The molecule has 6 aromatic rings. The van der Waals surface area contributed by atoms with Gasteiger partial charge in [-0.15, -0.1) is 0 Å². The number of carbonyl (C=O) groups excluding carboxylic acids is 5. The van der Waals surface area contributed by atoms with Crippen LogP contribution in [-0.4, -0.2) is 66.2 Å². The first-order valence-electron chi connectivity index (χ1n) is 23.5. The predicted molar refractivity (Wildman–Crippen MR) is 297 cm³/mol. The van der Waals surface area contributed by atoms with Crippen LogP contribution in [0.5, 0.6) is 0 Å². The van der Waals surface area contributed by atoms with Gasteiger partial charge in [0.15, 0.2) is 12.5 Å². The fourth-order valence-electron chi connectivity index (χ4n) is 8.81. The van der Waals surface area contributed by atoms with Crippen LogP contribution in [0.3, 0.4) is 0 Å². The van der Waals surface area contributed by atoms with Crippen LogP contribution in [0.1, 0.15) is 113 Å². The standard InChI is InChI=1S/C28H27ClN2O5.C27H28ClN2O5PS.OS/c1-17-7-4-5-8-21(17)26(32)30-20-11-12-22(18(2)15-20)27(33)31-14-6-9-25(36-28(34)35-3)23-16-19(29)10-13-24(23)31;1-17-7-4-5-8-21(17)26(31)29-20-11-12-22(18(2)15-20)27(32)30-14-6-9-25(35-36(33,37)34-3)23-16-19(28)10-13-24(23)30;1-2/h4-5,7-8,10-13,15-16,25H,6,9,14H2,1-3H3,(H,30,32);4-5,7-8,10-13,15-16,25H,6,9,14H2,1-3H3,(H,29,31)(H,33,37);. The third-order valence-electron chi connectivity index (χ3n) is 12.5. The molecule has 20 heteroatoms. The number of anilines is 4. The molecule has 75 heavy (non-hydrogen) atoms. The fraction of sp³-hybridized carbons (Fsp3) is 0.255. The van der Waals surface area contributed by atoms with Crippen LogP contribution < -0.4 is 20.4 Å². The second-order valence-corrected chi connectivity index (χ2v) is 21.3. The molecule has 3 N–H and O–H groups in total. The van der Waals surface area contributed by atoms with Gasteiger partial charge in [0.2, 0.25) is 0 Å². The van der Waals surface area contributed by atoms with Crippen LogP contribution >= 0.6 is 29.9 Å². The summed E-state index contributed by atoms with van der Waals surface area (Å²) in [6.45, 7) is 4.90. The molecule has 0 saturated heterocycles. The third-order valence-corrected chi connectivity index (χ3v) is 14.7. The van der Waals surface area contributed by atoms with Gasteiger partial charge in [0.1, 0.15) is 6.10 Å². The highest BCUT2D eigenvalue weighted by molar-refractivity contribution is 8.07. The first-order chi connectivity index (χ1) is 35.9. The van der Waals surface area contributed by atoms with Crippen molar-refractivity contribution in [2.24, 2.45) is 0 Å². The number of hydrogen-bond acceptors (Lipinski definition) is 12. The van der Waals surface area contributed by atoms with Gasteiger partial charge in [0, 0.05) is 80.7 Å². The molecule has 8 rings (SSSR count). The molecule has 0 fully saturated rings. The van der Waals surface area contributed by atoms with E-state index in [0.29, 0.717) is 105 Å². The lowest BCUT2D eigenvalue weighted by atomic mass is 10.0. The molecule has 0 saturated carbocycles. The number of rotatable bonds is 10. The minimum Gasteiger partial charge on any atom is -0.438 e. The first kappa shape index (κ1) is 57.9. The molecule has 0 aliphatic carbocycles. The molecule has 392 valence electrons. The molecule has 6 aromatic carbocycles. The van der Waals surface area contributed by atoms with E-state index in [4.69, 9.17) is 53.0 Å². The number of ether oxygens (including phenoxy) is 2. The van der Waals surface area contributed by atoms with E-state index in [2.05, 4.69) is 27.9 Å². The number of nitrogens with zero attached hydrogens (tertiary/aromatic N) is 2. The topological polar surface area (TPSA) is 190 Å². The van der Waals surface area contributed by atoms with E-state index in [1.54, 1.807) is 94.7 Å². The number of halogens is 2. The van der Waals surface area contributed by atoms with Gasteiger partial charge < -0.3 is 43.8 Å². The predicted octanol–water partition coefficient (Wildman–Crippen LogP) is 12.7. The number of nitrogens with one attached hydrogen (secondary N) is 2. The van der Waals surface area contributed by atoms with Gasteiger partial charge >= 0.3 is 12.9 Å². The highest BCUT2D eigenvalue weighted by atomic mass is 35.5. The summed E-state index contributed by atoms with van der Waals surface area (Å²) in [6, 6.07) is 35.6. The summed E-state index contributed by atoms with van der Waals surface area (Å²) >= 11 is 20.4. The number of carbonyl (C=O) groups is 5. The molecule has 0 aromatic heterocycles. The summed E-state index contributed by atoms with van der Waals surface area (Å²) < 4.78 is 28.7. The minimum absolute atomic E-state index is 0.186. The number of aryl methyl sites for hydroxylation is 4. The van der Waals surface area contributed by atoms with Crippen molar-refractivity contribution in [2.45, 2.75) is 65.6 Å². The minimum atomic E-state index is -3.43. The Hall–Kier alpha value is -6.40. The highest BCUT2D eigenvalue weighted by Gasteiger charge is 2.33. The van der Waals surface area contributed by atoms with E-state index < -0.39 is 25.1 Å². The van der Waals surface area contributed by atoms with Gasteiger partial charge in [-0.1, -0.05) is 59.6 Å². The van der Waals surface area contributed by atoms with Crippen molar-refractivity contribution >= 4 is 107 Å². The van der Waals surface area contributed by atoms with Gasteiger partial charge in [-0.25, -0.2) is 4.79 Å². The van der Waals surface area contributed by atoms with Crippen LogP contribution in [0.25, 0.3) is 0 Å². The Morgan fingerprint density at radius 1 is 0.587 bits per heavy atom. The molecule has 2 aliphatic heterocycles. The van der Waals surface area contributed by atoms with Crippen molar-refractivity contribution in [3.8, 4) is 0 Å². The van der Waals surface area contributed by atoms with E-state index in [9.17, 15) is 28.9 Å². The Kier molecular flexibility index (Phi) is 20.4. The van der Waals surface area contributed by atoms with Crippen molar-refractivity contribution in [1.82, 2.24) is 0 Å². The van der Waals surface area contributed by atoms with E-state index in [1.165, 1.54) is 14.2 Å². The normalized spacial score (nSPS) is 15.5. The summed E-state index contributed by atoms with van der Waals surface area (Å²) in [5.41, 5.74) is 9.23. The maximum absolute atomic E-state index is 13.7.